The molecule has 0 aliphatic heterocycles. The summed E-state index contributed by atoms with van der Waals surface area (Å²) in [4.78, 5) is 28.6. The Morgan fingerprint density at radius 2 is 1.93 bits per heavy atom. The van der Waals surface area contributed by atoms with Crippen molar-refractivity contribution < 1.29 is 14.8 Å². The first-order chi connectivity index (χ1) is 13.0. The topological polar surface area (TPSA) is 121 Å². The first-order valence-electron chi connectivity index (χ1n) is 8.73. The molecule has 0 unspecified atom stereocenters. The lowest BCUT2D eigenvalue weighted by atomic mass is 10.2. The second-order valence-corrected chi connectivity index (χ2v) is 6.25. The third kappa shape index (κ3) is 4.81. The number of rotatable bonds is 9. The SMILES string of the molecule is O=C(O)CCCCCNc1ccc2nc(-c3ccc([N+](=O)[O-])cc3)[nH]c2c1. The smallest absolute Gasteiger partial charge is 0.303 e. The molecule has 1 heterocycles. The number of nitrogens with one attached hydrogen (secondary N) is 2. The number of fused-ring (bicyclic) bond motifs is 1. The fraction of sp³-hybridized carbons (Fsp3) is 0.263. The van der Waals surface area contributed by atoms with Gasteiger partial charge in [-0.1, -0.05) is 6.42 Å². The minimum absolute atomic E-state index is 0.0460. The molecule has 3 N–H and O–H groups in total. The van der Waals surface area contributed by atoms with E-state index in [4.69, 9.17) is 5.11 Å². The largest absolute Gasteiger partial charge is 0.481 e. The van der Waals surface area contributed by atoms with Crippen LogP contribution >= 0.6 is 0 Å². The molecule has 8 nitrogen and oxygen atoms in total. The van der Waals surface area contributed by atoms with Crippen molar-refractivity contribution in [2.45, 2.75) is 25.7 Å². The van der Waals surface area contributed by atoms with Crippen LogP contribution < -0.4 is 5.32 Å². The number of nitro groups is 1. The molecule has 3 aromatic rings. The Hall–Kier alpha value is -3.42. The molecule has 8 heteroatoms. The predicted molar refractivity (Wildman–Crippen MR) is 103 cm³/mol. The number of hydrogen-bond donors (Lipinski definition) is 3. The highest BCUT2D eigenvalue weighted by Gasteiger charge is 2.09. The van der Waals surface area contributed by atoms with E-state index in [9.17, 15) is 14.9 Å². The Morgan fingerprint density at radius 3 is 2.63 bits per heavy atom. The number of non-ortho nitro benzene ring substituents is 1. The van der Waals surface area contributed by atoms with Crippen LogP contribution in [0.2, 0.25) is 0 Å². The second kappa shape index (κ2) is 8.31. The molecule has 3 rings (SSSR count). The number of unbranched alkanes of at least 4 members (excludes halogenated alkanes) is 2. The lowest BCUT2D eigenvalue weighted by molar-refractivity contribution is -0.384. The number of benzene rings is 2. The van der Waals surface area contributed by atoms with Gasteiger partial charge in [0.15, 0.2) is 0 Å². The number of H-pyrrole nitrogens is 1. The Labute approximate surface area is 155 Å². The van der Waals surface area contributed by atoms with E-state index in [2.05, 4.69) is 15.3 Å². The fourth-order valence-electron chi connectivity index (χ4n) is 2.81. The van der Waals surface area contributed by atoms with Crippen LogP contribution in [0.4, 0.5) is 11.4 Å². The van der Waals surface area contributed by atoms with Gasteiger partial charge in [0.05, 0.1) is 16.0 Å². The number of imidazole rings is 1. The summed E-state index contributed by atoms with van der Waals surface area (Å²) in [6.45, 7) is 0.772. The number of carboxylic acids is 1. The van der Waals surface area contributed by atoms with Gasteiger partial charge in [-0.15, -0.1) is 0 Å². The molecule has 0 spiro atoms. The van der Waals surface area contributed by atoms with Crippen molar-refractivity contribution in [2.75, 3.05) is 11.9 Å². The lowest BCUT2D eigenvalue weighted by Crippen LogP contribution is -2.02. The first-order valence-corrected chi connectivity index (χ1v) is 8.73. The van der Waals surface area contributed by atoms with E-state index >= 15 is 0 Å². The third-order valence-corrected chi connectivity index (χ3v) is 4.23. The van der Waals surface area contributed by atoms with Gasteiger partial charge in [0.2, 0.25) is 0 Å². The maximum absolute atomic E-state index is 10.8. The Bertz CT molecular complexity index is 950. The summed E-state index contributed by atoms with van der Waals surface area (Å²) >= 11 is 0. The quantitative estimate of drug-likeness (QED) is 0.296. The van der Waals surface area contributed by atoms with Crippen LogP contribution in [0, 0.1) is 10.1 Å². The molecule has 0 amide bonds. The van der Waals surface area contributed by atoms with Gasteiger partial charge in [0.25, 0.3) is 5.69 Å². The molecule has 0 aliphatic carbocycles. The van der Waals surface area contributed by atoms with Crippen LogP contribution in [0.3, 0.4) is 0 Å². The molecule has 2 aromatic carbocycles. The zero-order chi connectivity index (χ0) is 19.2. The van der Waals surface area contributed by atoms with Crippen LogP contribution in [0.15, 0.2) is 42.5 Å². The average Bonchev–Trinajstić information content (AvgIpc) is 3.07. The molecule has 0 fully saturated rings. The summed E-state index contributed by atoms with van der Waals surface area (Å²) < 4.78 is 0. The number of aromatic nitrogens is 2. The van der Waals surface area contributed by atoms with Gasteiger partial charge in [-0.05, 0) is 43.2 Å². The van der Waals surface area contributed by atoms with Gasteiger partial charge in [0, 0.05) is 36.3 Å². The van der Waals surface area contributed by atoms with Crippen molar-refractivity contribution in [1.29, 1.82) is 0 Å². The summed E-state index contributed by atoms with van der Waals surface area (Å²) in [7, 11) is 0. The minimum atomic E-state index is -0.753. The van der Waals surface area contributed by atoms with E-state index in [1.165, 1.54) is 12.1 Å². The molecule has 0 aliphatic rings. The molecular weight excluding hydrogens is 348 g/mol. The minimum Gasteiger partial charge on any atom is -0.481 e. The highest BCUT2D eigenvalue weighted by atomic mass is 16.6. The van der Waals surface area contributed by atoms with Crippen LogP contribution in [0.5, 0.6) is 0 Å². The number of hydrogen-bond acceptors (Lipinski definition) is 5. The van der Waals surface area contributed by atoms with Gasteiger partial charge in [-0.3, -0.25) is 14.9 Å². The monoisotopic (exact) mass is 368 g/mol. The molecule has 1 aromatic heterocycles. The summed E-state index contributed by atoms with van der Waals surface area (Å²) in [5.74, 6) is -0.0952. The molecule has 0 bridgehead atoms. The first kappa shape index (κ1) is 18.4. The van der Waals surface area contributed by atoms with E-state index in [0.29, 0.717) is 12.2 Å². The summed E-state index contributed by atoms with van der Waals surface area (Å²) in [5, 5.41) is 22.7. The van der Waals surface area contributed by atoms with E-state index in [0.717, 1.165) is 41.7 Å². The van der Waals surface area contributed by atoms with Crippen molar-refractivity contribution in [3.05, 3.63) is 52.6 Å². The number of aromatic amines is 1. The summed E-state index contributed by atoms with van der Waals surface area (Å²) in [6, 6.07) is 12.1. The van der Waals surface area contributed by atoms with Crippen molar-refractivity contribution in [2.24, 2.45) is 0 Å². The van der Waals surface area contributed by atoms with Gasteiger partial charge in [0.1, 0.15) is 5.82 Å². The van der Waals surface area contributed by atoms with Crippen molar-refractivity contribution in [3.63, 3.8) is 0 Å². The molecule has 0 saturated carbocycles. The standard InChI is InChI=1S/C19H20N4O4/c24-18(25)4-2-1-3-11-20-14-7-10-16-17(12-14)22-19(21-16)13-5-8-15(9-6-13)23(26)27/h5-10,12,20H,1-4,11H2,(H,21,22)(H,24,25). The zero-order valence-electron chi connectivity index (χ0n) is 14.6. The number of carbonyl (C=O) groups is 1. The van der Waals surface area contributed by atoms with Gasteiger partial charge in [-0.25, -0.2) is 4.98 Å². The zero-order valence-corrected chi connectivity index (χ0v) is 14.6. The highest BCUT2D eigenvalue weighted by Crippen LogP contribution is 2.24. The number of aliphatic carboxylic acids is 1. The third-order valence-electron chi connectivity index (χ3n) is 4.23. The van der Waals surface area contributed by atoms with Crippen LogP contribution in [0.1, 0.15) is 25.7 Å². The normalized spacial score (nSPS) is 10.8. The van der Waals surface area contributed by atoms with Gasteiger partial charge < -0.3 is 15.4 Å². The highest BCUT2D eigenvalue weighted by molar-refractivity contribution is 5.82. The van der Waals surface area contributed by atoms with Crippen molar-refractivity contribution in [3.8, 4) is 11.4 Å². The number of anilines is 1. The van der Waals surface area contributed by atoms with Crippen LogP contribution in [0.25, 0.3) is 22.4 Å². The van der Waals surface area contributed by atoms with E-state index < -0.39 is 10.9 Å². The van der Waals surface area contributed by atoms with E-state index in [1.54, 1.807) is 12.1 Å². The Kier molecular flexibility index (Phi) is 5.65. The molecule has 140 valence electrons. The summed E-state index contributed by atoms with van der Waals surface area (Å²) in [6.07, 6.45) is 2.68. The molecule has 0 atom stereocenters. The van der Waals surface area contributed by atoms with Gasteiger partial charge >= 0.3 is 5.97 Å². The summed E-state index contributed by atoms with van der Waals surface area (Å²) in [5.41, 5.74) is 3.48. The second-order valence-electron chi connectivity index (χ2n) is 6.25. The van der Waals surface area contributed by atoms with Crippen LogP contribution in [-0.2, 0) is 4.79 Å². The lowest BCUT2D eigenvalue weighted by Gasteiger charge is -2.05. The van der Waals surface area contributed by atoms with Crippen molar-refractivity contribution >= 4 is 28.4 Å². The van der Waals surface area contributed by atoms with E-state index in [-0.39, 0.29) is 12.1 Å². The average molecular weight is 368 g/mol. The van der Waals surface area contributed by atoms with Gasteiger partial charge in [-0.2, -0.15) is 0 Å². The predicted octanol–water partition coefficient (Wildman–Crippen LogP) is 4.20. The number of carboxylic acid groups (broad SMARTS) is 1. The maximum atomic E-state index is 10.8. The molecule has 0 saturated heterocycles. The number of nitro benzene ring substituents is 1. The maximum Gasteiger partial charge on any atom is 0.303 e. The molecular formula is C19H20N4O4. The fourth-order valence-corrected chi connectivity index (χ4v) is 2.81. The van der Waals surface area contributed by atoms with Crippen LogP contribution in [-0.4, -0.2) is 32.5 Å². The van der Waals surface area contributed by atoms with Crippen molar-refractivity contribution in [1.82, 2.24) is 9.97 Å². The molecule has 0 radical (unpaired) electrons. The Morgan fingerprint density at radius 1 is 1.15 bits per heavy atom. The van der Waals surface area contributed by atoms with E-state index in [1.807, 2.05) is 18.2 Å². The molecule has 27 heavy (non-hydrogen) atoms. The number of nitrogens with zero attached hydrogens (tertiary/aromatic N) is 2. The Balaban J connectivity index is 1.62.